The van der Waals surface area contributed by atoms with Crippen molar-refractivity contribution in [3.63, 3.8) is 0 Å². The van der Waals surface area contributed by atoms with E-state index in [0.29, 0.717) is 23.2 Å². The van der Waals surface area contributed by atoms with Gasteiger partial charge in [0.2, 0.25) is 11.9 Å². The molecule has 134 valence electrons. The fraction of sp³-hybridized carbons (Fsp3) is 0.294. The molecule has 0 amide bonds. The molecule has 7 nitrogen and oxygen atoms in total. The lowest BCUT2D eigenvalue weighted by Gasteiger charge is -2.09. The van der Waals surface area contributed by atoms with Gasteiger partial charge in [-0.05, 0) is 32.9 Å². The van der Waals surface area contributed by atoms with Crippen LogP contribution in [0.3, 0.4) is 0 Å². The van der Waals surface area contributed by atoms with Gasteiger partial charge in [0.1, 0.15) is 5.75 Å². The summed E-state index contributed by atoms with van der Waals surface area (Å²) >= 11 is 0. The highest BCUT2D eigenvalue weighted by molar-refractivity contribution is 5.85. The van der Waals surface area contributed by atoms with Crippen LogP contribution >= 0.6 is 12.4 Å². The van der Waals surface area contributed by atoms with Crippen LogP contribution in [0.1, 0.15) is 24.4 Å². The highest BCUT2D eigenvalue weighted by atomic mass is 35.5. The van der Waals surface area contributed by atoms with Crippen LogP contribution in [0.5, 0.6) is 5.75 Å². The third kappa shape index (κ3) is 4.06. The molecule has 0 unspecified atom stereocenters. The molecule has 0 saturated carbocycles. The van der Waals surface area contributed by atoms with E-state index in [0.717, 1.165) is 22.3 Å². The van der Waals surface area contributed by atoms with Gasteiger partial charge in [-0.25, -0.2) is 15.0 Å². The summed E-state index contributed by atoms with van der Waals surface area (Å²) in [6.45, 7) is 5.42. The molecule has 0 fully saturated rings. The van der Waals surface area contributed by atoms with Crippen LogP contribution in [-0.4, -0.2) is 27.0 Å². The number of aryl methyl sites for hydroxylation is 2. The number of halogens is 1. The van der Waals surface area contributed by atoms with Gasteiger partial charge in [0, 0.05) is 22.7 Å². The first-order valence-corrected chi connectivity index (χ1v) is 7.15. The number of hydrogen-bond acceptors (Lipinski definition) is 6. The van der Waals surface area contributed by atoms with Crippen molar-refractivity contribution in [2.45, 2.75) is 28.2 Å². The first kappa shape index (κ1) is 20.4. The fourth-order valence-corrected chi connectivity index (χ4v) is 2.26. The molecule has 25 heavy (non-hydrogen) atoms. The van der Waals surface area contributed by atoms with Gasteiger partial charge < -0.3 is 4.74 Å². The van der Waals surface area contributed by atoms with Crippen molar-refractivity contribution < 1.29 is 4.74 Å². The average molecular weight is 364 g/mol. The van der Waals surface area contributed by atoms with Crippen molar-refractivity contribution in [3.8, 4) is 5.75 Å². The number of hydrogen-bond donors (Lipinski definition) is 2. The number of nitrogens with one attached hydrogen (secondary N) is 2. The minimum atomic E-state index is -0.181. The Balaban J connectivity index is 0.00000156. The zero-order valence-corrected chi connectivity index (χ0v) is 14.6. The fourth-order valence-electron chi connectivity index (χ4n) is 2.26. The van der Waals surface area contributed by atoms with E-state index in [1.165, 1.54) is 0 Å². The largest absolute Gasteiger partial charge is 0.497 e. The van der Waals surface area contributed by atoms with Gasteiger partial charge in [0.25, 0.3) is 5.56 Å². The molecule has 2 aromatic heterocycles. The molecule has 3 rings (SSSR count). The van der Waals surface area contributed by atoms with E-state index < -0.39 is 0 Å². The molecule has 8 heteroatoms. The zero-order chi connectivity index (χ0) is 16.6. The van der Waals surface area contributed by atoms with E-state index in [9.17, 15) is 4.79 Å². The number of ether oxygens (including phenoxy) is 1. The lowest BCUT2D eigenvalue weighted by Crippen LogP contribution is -2.16. The first-order chi connectivity index (χ1) is 11.0. The minimum Gasteiger partial charge on any atom is -0.497 e. The number of methoxy groups -OCH3 is 1. The van der Waals surface area contributed by atoms with Crippen LogP contribution in [0.25, 0.3) is 10.9 Å². The summed E-state index contributed by atoms with van der Waals surface area (Å²) in [6, 6.07) is 5.63. The number of benzene rings is 1. The molecule has 2 heterocycles. The predicted octanol–water partition coefficient (Wildman–Crippen LogP) is 3.45. The summed E-state index contributed by atoms with van der Waals surface area (Å²) in [5.74, 6) is 1.41. The van der Waals surface area contributed by atoms with E-state index >= 15 is 0 Å². The molecule has 0 aliphatic carbocycles. The number of H-pyrrole nitrogens is 1. The van der Waals surface area contributed by atoms with Crippen molar-refractivity contribution in [1.29, 1.82) is 0 Å². The van der Waals surface area contributed by atoms with Crippen molar-refractivity contribution in [1.82, 2.24) is 19.9 Å². The van der Waals surface area contributed by atoms with E-state index in [4.69, 9.17) is 4.74 Å². The normalized spacial score (nSPS) is 9.92. The van der Waals surface area contributed by atoms with E-state index in [1.54, 1.807) is 21.0 Å². The van der Waals surface area contributed by atoms with Gasteiger partial charge in [-0.15, -0.1) is 12.4 Å². The third-order valence-corrected chi connectivity index (χ3v) is 3.72. The number of rotatable bonds is 3. The number of anilines is 2. The van der Waals surface area contributed by atoms with Crippen LogP contribution in [0, 0.1) is 20.8 Å². The van der Waals surface area contributed by atoms with Gasteiger partial charge in [0.05, 0.1) is 18.3 Å². The first-order valence-electron chi connectivity index (χ1n) is 7.15. The van der Waals surface area contributed by atoms with Gasteiger partial charge in [-0.2, -0.15) is 0 Å². The van der Waals surface area contributed by atoms with Crippen molar-refractivity contribution in [3.05, 3.63) is 45.5 Å². The topological polar surface area (TPSA) is 92.8 Å². The second kappa shape index (κ2) is 7.94. The van der Waals surface area contributed by atoms with Gasteiger partial charge in [0.15, 0.2) is 0 Å². The zero-order valence-electron chi connectivity index (χ0n) is 13.8. The van der Waals surface area contributed by atoms with Crippen molar-refractivity contribution in [2.75, 3.05) is 12.4 Å². The number of aromatic amines is 1. The lowest BCUT2D eigenvalue weighted by molar-refractivity contribution is 0.415. The monoisotopic (exact) mass is 363 g/mol. The van der Waals surface area contributed by atoms with Gasteiger partial charge in [-0.3, -0.25) is 15.1 Å². The molecule has 2 N–H and O–H groups in total. The number of nitrogens with zero attached hydrogens (tertiary/aromatic N) is 3. The van der Waals surface area contributed by atoms with Crippen LogP contribution in [-0.2, 0) is 0 Å². The summed E-state index contributed by atoms with van der Waals surface area (Å²) in [5, 5.41) is 3.90. The van der Waals surface area contributed by atoms with E-state index in [1.807, 2.05) is 25.1 Å². The maximum absolute atomic E-state index is 11.8. The van der Waals surface area contributed by atoms with Crippen LogP contribution in [0.15, 0.2) is 23.0 Å². The minimum absolute atomic E-state index is 0. The summed E-state index contributed by atoms with van der Waals surface area (Å²) in [5.41, 5.74) is 2.65. The molecule has 0 aliphatic heterocycles. The average Bonchev–Trinajstić information content (AvgIpc) is 2.52. The molecular weight excluding hydrogens is 342 g/mol. The summed E-state index contributed by atoms with van der Waals surface area (Å²) in [6.07, 6.45) is 0. The Morgan fingerprint density at radius 3 is 2.44 bits per heavy atom. The Hall–Kier alpha value is -2.67. The molecule has 0 bridgehead atoms. The van der Waals surface area contributed by atoms with Crippen LogP contribution in [0.4, 0.5) is 11.9 Å². The second-order valence-electron chi connectivity index (χ2n) is 5.27. The standard InChI is InChI=1S/C16H17N5O2.CH4.ClH/c1-8-9(2)17-16(20-14(8)22)21-15-18-10(3)12-6-5-11(23-4)7-13(12)19-15;;/h5-7H,1-4H3,(H2,17,18,19,20,21,22);1H4;1H. The number of aromatic nitrogens is 4. The lowest BCUT2D eigenvalue weighted by atomic mass is 10.2. The molecular formula is C17H22ClN5O2. The maximum atomic E-state index is 11.8. The molecule has 3 aromatic rings. The predicted molar refractivity (Wildman–Crippen MR) is 102 cm³/mol. The summed E-state index contributed by atoms with van der Waals surface area (Å²) < 4.78 is 5.22. The molecule has 0 aliphatic rings. The Bertz CT molecular complexity index is 956. The van der Waals surface area contributed by atoms with Crippen molar-refractivity contribution >= 4 is 35.2 Å². The Morgan fingerprint density at radius 2 is 1.80 bits per heavy atom. The van der Waals surface area contributed by atoms with Gasteiger partial charge in [-0.1, -0.05) is 7.43 Å². The van der Waals surface area contributed by atoms with Crippen LogP contribution < -0.4 is 15.6 Å². The molecule has 0 spiro atoms. The Morgan fingerprint density at radius 1 is 1.08 bits per heavy atom. The second-order valence-corrected chi connectivity index (χ2v) is 5.27. The van der Waals surface area contributed by atoms with Gasteiger partial charge >= 0.3 is 0 Å². The number of fused-ring (bicyclic) bond motifs is 1. The smallest absolute Gasteiger partial charge is 0.255 e. The molecule has 0 atom stereocenters. The van der Waals surface area contributed by atoms with E-state index in [2.05, 4.69) is 25.3 Å². The maximum Gasteiger partial charge on any atom is 0.255 e. The quantitative estimate of drug-likeness (QED) is 0.740. The Labute approximate surface area is 152 Å². The summed E-state index contributed by atoms with van der Waals surface area (Å²) in [4.78, 5) is 27.7. The van der Waals surface area contributed by atoms with Crippen molar-refractivity contribution in [2.24, 2.45) is 0 Å². The highest BCUT2D eigenvalue weighted by Crippen LogP contribution is 2.23. The summed E-state index contributed by atoms with van der Waals surface area (Å²) in [7, 11) is 1.61. The SMILES string of the molecule is C.COc1ccc2c(C)nc(Nc3nc(C)c(C)c(=O)[nH]3)nc2c1.Cl. The Kier molecular flexibility index (Phi) is 6.47. The van der Waals surface area contributed by atoms with Crippen LogP contribution in [0.2, 0.25) is 0 Å². The molecule has 0 radical (unpaired) electrons. The molecule has 0 saturated heterocycles. The third-order valence-electron chi connectivity index (χ3n) is 3.72. The molecule has 1 aromatic carbocycles. The highest BCUT2D eigenvalue weighted by Gasteiger charge is 2.09. The van der Waals surface area contributed by atoms with E-state index in [-0.39, 0.29) is 25.4 Å².